The van der Waals surface area contributed by atoms with Gasteiger partial charge in [-0.2, -0.15) is 0 Å². The lowest BCUT2D eigenvalue weighted by molar-refractivity contribution is -0.145. The van der Waals surface area contributed by atoms with Crippen molar-refractivity contribution in [2.75, 3.05) is 11.4 Å². The number of rotatable bonds is 0. The SMILES string of the molecule is Cc1ccc2c(c1)N1CCC[C@@H]1[C@@]1(C2)C(=O)Oc2ccccc2C1=O. The van der Waals surface area contributed by atoms with Gasteiger partial charge < -0.3 is 9.64 Å². The van der Waals surface area contributed by atoms with Gasteiger partial charge in [-0.25, -0.2) is 0 Å². The van der Waals surface area contributed by atoms with E-state index in [9.17, 15) is 9.59 Å². The first-order valence-electron chi connectivity index (χ1n) is 8.83. The largest absolute Gasteiger partial charge is 0.425 e. The molecule has 2 aromatic carbocycles. The topological polar surface area (TPSA) is 46.6 Å². The van der Waals surface area contributed by atoms with Gasteiger partial charge in [0, 0.05) is 12.2 Å². The highest BCUT2D eigenvalue weighted by Gasteiger charge is 2.61. The summed E-state index contributed by atoms with van der Waals surface area (Å²) < 4.78 is 5.66. The summed E-state index contributed by atoms with van der Waals surface area (Å²) >= 11 is 0. The maximum Gasteiger partial charge on any atom is 0.327 e. The molecule has 25 heavy (non-hydrogen) atoms. The van der Waals surface area contributed by atoms with Crippen molar-refractivity contribution in [1.82, 2.24) is 0 Å². The van der Waals surface area contributed by atoms with E-state index in [0.717, 1.165) is 24.9 Å². The molecule has 3 aliphatic rings. The lowest BCUT2D eigenvalue weighted by Crippen LogP contribution is -2.61. The predicted molar refractivity (Wildman–Crippen MR) is 94.1 cm³/mol. The molecule has 0 aromatic heterocycles. The van der Waals surface area contributed by atoms with E-state index in [1.54, 1.807) is 18.2 Å². The van der Waals surface area contributed by atoms with Gasteiger partial charge in [0.15, 0.2) is 11.2 Å². The predicted octanol–water partition coefficient (Wildman–Crippen LogP) is 3.31. The number of ketones is 1. The number of ether oxygens (including phenoxy) is 1. The molecule has 0 N–H and O–H groups in total. The summed E-state index contributed by atoms with van der Waals surface area (Å²) in [7, 11) is 0. The van der Waals surface area contributed by atoms with Gasteiger partial charge in [-0.1, -0.05) is 24.3 Å². The molecule has 2 aromatic rings. The Labute approximate surface area is 146 Å². The van der Waals surface area contributed by atoms with Crippen molar-refractivity contribution in [2.45, 2.75) is 32.2 Å². The molecule has 1 fully saturated rings. The van der Waals surface area contributed by atoms with Crippen LogP contribution in [0.3, 0.4) is 0 Å². The van der Waals surface area contributed by atoms with Gasteiger partial charge >= 0.3 is 5.97 Å². The van der Waals surface area contributed by atoms with Crippen LogP contribution in [0.15, 0.2) is 42.5 Å². The number of benzene rings is 2. The minimum Gasteiger partial charge on any atom is -0.425 e. The van der Waals surface area contributed by atoms with Gasteiger partial charge in [-0.05, 0) is 55.5 Å². The minimum absolute atomic E-state index is 0.0810. The molecule has 2 atom stereocenters. The molecular formula is C21H19NO3. The number of nitrogens with zero attached hydrogens (tertiary/aromatic N) is 1. The number of carbonyl (C=O) groups is 2. The molecule has 0 saturated carbocycles. The maximum atomic E-state index is 13.5. The van der Waals surface area contributed by atoms with E-state index in [4.69, 9.17) is 4.74 Å². The molecule has 5 rings (SSSR count). The molecule has 1 saturated heterocycles. The molecule has 126 valence electrons. The van der Waals surface area contributed by atoms with Crippen molar-refractivity contribution < 1.29 is 14.3 Å². The summed E-state index contributed by atoms with van der Waals surface area (Å²) in [5.41, 5.74) is 2.85. The van der Waals surface area contributed by atoms with E-state index >= 15 is 0 Å². The molecule has 3 heterocycles. The lowest BCUT2D eigenvalue weighted by atomic mass is 9.65. The Kier molecular flexibility index (Phi) is 2.91. The van der Waals surface area contributed by atoms with Crippen LogP contribution in [0.25, 0.3) is 0 Å². The Hall–Kier alpha value is -2.62. The van der Waals surface area contributed by atoms with Gasteiger partial charge in [0.05, 0.1) is 11.6 Å². The molecule has 1 spiro atoms. The van der Waals surface area contributed by atoms with Gasteiger partial charge in [0.2, 0.25) is 0 Å². The molecule has 3 aliphatic heterocycles. The fourth-order valence-electron chi connectivity index (χ4n) is 4.78. The van der Waals surface area contributed by atoms with Crippen LogP contribution >= 0.6 is 0 Å². The van der Waals surface area contributed by atoms with Crippen LogP contribution < -0.4 is 9.64 Å². The zero-order valence-corrected chi connectivity index (χ0v) is 14.1. The standard InChI is InChI=1S/C21H19NO3/c1-13-8-9-14-12-21(18-7-4-10-22(18)16(14)11-13)19(23)15-5-2-3-6-17(15)25-20(21)24/h2-3,5-6,8-9,11,18H,4,7,10,12H2,1H3/t18-,21-/m1/s1. The van der Waals surface area contributed by atoms with Gasteiger partial charge in [-0.15, -0.1) is 0 Å². The van der Waals surface area contributed by atoms with Gasteiger partial charge in [0.25, 0.3) is 0 Å². The van der Waals surface area contributed by atoms with Crippen molar-refractivity contribution in [3.63, 3.8) is 0 Å². The summed E-state index contributed by atoms with van der Waals surface area (Å²) in [6.07, 6.45) is 2.26. The first-order valence-corrected chi connectivity index (χ1v) is 8.83. The van der Waals surface area contributed by atoms with Crippen molar-refractivity contribution in [1.29, 1.82) is 0 Å². The molecule has 4 heteroatoms. The van der Waals surface area contributed by atoms with Crippen LogP contribution in [0.1, 0.15) is 34.3 Å². The van der Waals surface area contributed by atoms with E-state index in [2.05, 4.69) is 30.0 Å². The second kappa shape index (κ2) is 4.94. The fraction of sp³-hybridized carbons (Fsp3) is 0.333. The van der Waals surface area contributed by atoms with Crippen molar-refractivity contribution in [3.05, 3.63) is 59.2 Å². The normalized spacial score (nSPS) is 26.9. The highest BCUT2D eigenvalue weighted by atomic mass is 16.5. The number of fused-ring (bicyclic) bond motifs is 5. The molecule has 0 radical (unpaired) electrons. The maximum absolute atomic E-state index is 13.5. The second-order valence-electron chi connectivity index (χ2n) is 7.35. The van der Waals surface area contributed by atoms with Crippen molar-refractivity contribution >= 4 is 17.4 Å². The number of aryl methyl sites for hydroxylation is 1. The second-order valence-corrected chi connectivity index (χ2v) is 7.35. The first kappa shape index (κ1) is 14.7. The molecular weight excluding hydrogens is 314 g/mol. The van der Waals surface area contributed by atoms with Crippen LogP contribution in [0.5, 0.6) is 5.75 Å². The number of carbonyl (C=O) groups excluding carboxylic acids is 2. The Morgan fingerprint density at radius 2 is 2.00 bits per heavy atom. The Balaban J connectivity index is 1.72. The molecule has 0 bridgehead atoms. The number of hydrogen-bond donors (Lipinski definition) is 0. The molecule has 0 amide bonds. The van der Waals surface area contributed by atoms with Crippen molar-refractivity contribution in [3.8, 4) is 5.75 Å². The summed E-state index contributed by atoms with van der Waals surface area (Å²) in [5.74, 6) is -0.0795. The summed E-state index contributed by atoms with van der Waals surface area (Å²) in [4.78, 5) is 28.9. The van der Waals surface area contributed by atoms with E-state index in [-0.39, 0.29) is 17.8 Å². The average molecular weight is 333 g/mol. The zero-order valence-electron chi connectivity index (χ0n) is 14.1. The first-order chi connectivity index (χ1) is 12.1. The van der Waals surface area contributed by atoms with Crippen LogP contribution in [-0.2, 0) is 11.2 Å². The number of anilines is 1. The average Bonchev–Trinajstić information content (AvgIpc) is 3.11. The smallest absolute Gasteiger partial charge is 0.327 e. The third kappa shape index (κ3) is 1.82. The number of Topliss-reactive ketones (excluding diaryl/α,β-unsaturated/α-hetero) is 1. The third-order valence-electron chi connectivity index (χ3n) is 5.94. The third-order valence-corrected chi connectivity index (χ3v) is 5.94. The van der Waals surface area contributed by atoms with E-state index in [1.165, 1.54) is 11.3 Å². The summed E-state index contributed by atoms with van der Waals surface area (Å²) in [6, 6.07) is 13.3. The lowest BCUT2D eigenvalue weighted by Gasteiger charge is -2.47. The quantitative estimate of drug-likeness (QED) is 0.422. The number of esters is 1. The molecule has 4 nitrogen and oxygen atoms in total. The summed E-state index contributed by atoms with van der Waals surface area (Å²) in [6.45, 7) is 2.96. The van der Waals surface area contributed by atoms with E-state index in [0.29, 0.717) is 17.7 Å². The Bertz CT molecular complexity index is 919. The minimum atomic E-state index is -1.12. The van der Waals surface area contributed by atoms with Crippen LogP contribution in [0.2, 0.25) is 0 Å². The van der Waals surface area contributed by atoms with Gasteiger partial charge in [0.1, 0.15) is 5.75 Å². The fourth-order valence-corrected chi connectivity index (χ4v) is 4.78. The van der Waals surface area contributed by atoms with Gasteiger partial charge in [-0.3, -0.25) is 9.59 Å². The van der Waals surface area contributed by atoms with Crippen LogP contribution in [0.4, 0.5) is 5.69 Å². The van der Waals surface area contributed by atoms with Crippen LogP contribution in [-0.4, -0.2) is 24.3 Å². The highest BCUT2D eigenvalue weighted by Crippen LogP contribution is 2.50. The van der Waals surface area contributed by atoms with E-state index in [1.807, 2.05) is 6.07 Å². The van der Waals surface area contributed by atoms with Crippen LogP contribution in [0, 0.1) is 12.3 Å². The molecule has 0 unspecified atom stereocenters. The zero-order chi connectivity index (χ0) is 17.2. The Morgan fingerprint density at radius 1 is 1.16 bits per heavy atom. The van der Waals surface area contributed by atoms with Crippen molar-refractivity contribution in [2.24, 2.45) is 5.41 Å². The van der Waals surface area contributed by atoms with E-state index < -0.39 is 5.41 Å². The monoisotopic (exact) mass is 333 g/mol. The molecule has 0 aliphatic carbocycles. The number of hydrogen-bond acceptors (Lipinski definition) is 4. The summed E-state index contributed by atoms with van der Waals surface area (Å²) in [5, 5.41) is 0. The number of para-hydroxylation sites is 1. The Morgan fingerprint density at radius 3 is 2.88 bits per heavy atom. The highest BCUT2D eigenvalue weighted by molar-refractivity contribution is 6.18.